The molecule has 1 saturated heterocycles. The second kappa shape index (κ2) is 9.79. The number of anilines is 1. The molecule has 0 aliphatic carbocycles. The summed E-state index contributed by atoms with van der Waals surface area (Å²) in [7, 11) is 0. The van der Waals surface area contributed by atoms with Gasteiger partial charge in [-0.25, -0.2) is 9.69 Å². The molecule has 0 bridgehead atoms. The number of fused-ring (bicyclic) bond motifs is 1. The van der Waals surface area contributed by atoms with Gasteiger partial charge >= 0.3 is 6.03 Å². The van der Waals surface area contributed by atoms with Crippen LogP contribution in [0.5, 0.6) is 5.75 Å². The second-order valence-electron chi connectivity index (χ2n) is 8.41. The van der Waals surface area contributed by atoms with Crippen LogP contribution in [-0.2, 0) is 16.2 Å². The fourth-order valence-corrected chi connectivity index (χ4v) is 4.36. The van der Waals surface area contributed by atoms with E-state index in [0.29, 0.717) is 23.6 Å². The Balaban J connectivity index is 1.58. The lowest BCUT2D eigenvalue weighted by Crippen LogP contribution is -2.54. The van der Waals surface area contributed by atoms with Gasteiger partial charge in [-0.3, -0.25) is 14.9 Å². The molecule has 0 saturated carbocycles. The molecule has 4 aromatic rings. The molecule has 0 unspecified atom stereocenters. The first-order chi connectivity index (χ1) is 17.4. The number of urea groups is 1. The number of benzene rings is 4. The van der Waals surface area contributed by atoms with Gasteiger partial charge in [-0.2, -0.15) is 0 Å². The lowest BCUT2D eigenvalue weighted by atomic mass is 9.99. The van der Waals surface area contributed by atoms with E-state index in [1.165, 1.54) is 6.08 Å². The molecule has 0 aromatic heterocycles. The van der Waals surface area contributed by atoms with Gasteiger partial charge < -0.3 is 4.74 Å². The van der Waals surface area contributed by atoms with Crippen LogP contribution in [0.3, 0.4) is 0 Å². The molecular weight excluding hydrogens is 520 g/mol. The van der Waals surface area contributed by atoms with Crippen LogP contribution in [0.2, 0.25) is 0 Å². The number of nitrogens with zero attached hydrogens (tertiary/aromatic N) is 1. The molecule has 1 fully saturated rings. The van der Waals surface area contributed by atoms with Crippen molar-refractivity contribution in [2.75, 3.05) is 4.90 Å². The molecule has 0 spiro atoms. The molecule has 1 N–H and O–H groups in total. The fraction of sp³-hybridized carbons (Fsp3) is 0.0690. The molecule has 1 aliphatic heterocycles. The smallest absolute Gasteiger partial charge is 0.335 e. The Kier molecular flexibility index (Phi) is 6.40. The Labute approximate surface area is 216 Å². The zero-order valence-electron chi connectivity index (χ0n) is 19.3. The van der Waals surface area contributed by atoms with E-state index in [-0.39, 0.29) is 5.57 Å². The predicted octanol–water partition coefficient (Wildman–Crippen LogP) is 6.16. The van der Waals surface area contributed by atoms with Crippen molar-refractivity contribution in [1.82, 2.24) is 5.32 Å². The largest absolute Gasteiger partial charge is 0.488 e. The maximum Gasteiger partial charge on any atom is 0.335 e. The Morgan fingerprint density at radius 3 is 2.47 bits per heavy atom. The van der Waals surface area contributed by atoms with Crippen molar-refractivity contribution in [1.29, 1.82) is 0 Å². The van der Waals surface area contributed by atoms with Gasteiger partial charge in [0.25, 0.3) is 11.8 Å². The number of hydrogen-bond donors (Lipinski definition) is 1. The SMILES string of the molecule is Cc1cccc(N2C(=O)NC(=O)/C(=C\c3c(OCc4ccc(Br)cc4)ccc4ccccc34)C2=O)c1. The molecule has 4 amide bonds. The minimum atomic E-state index is -0.780. The summed E-state index contributed by atoms with van der Waals surface area (Å²) in [5, 5.41) is 4.04. The topological polar surface area (TPSA) is 75.7 Å². The van der Waals surface area contributed by atoms with E-state index < -0.39 is 17.8 Å². The maximum absolute atomic E-state index is 13.5. The van der Waals surface area contributed by atoms with Gasteiger partial charge in [0.2, 0.25) is 0 Å². The van der Waals surface area contributed by atoms with E-state index in [4.69, 9.17) is 4.74 Å². The minimum Gasteiger partial charge on any atom is -0.488 e. The molecule has 5 rings (SSSR count). The monoisotopic (exact) mass is 540 g/mol. The van der Waals surface area contributed by atoms with Crippen molar-refractivity contribution in [3.05, 3.63) is 112 Å². The fourth-order valence-electron chi connectivity index (χ4n) is 4.10. The minimum absolute atomic E-state index is 0.152. The summed E-state index contributed by atoms with van der Waals surface area (Å²) in [6.07, 6.45) is 1.51. The van der Waals surface area contributed by atoms with Gasteiger partial charge in [0.05, 0.1) is 5.69 Å². The Morgan fingerprint density at radius 2 is 1.69 bits per heavy atom. The molecule has 1 heterocycles. The number of carbonyl (C=O) groups is 3. The van der Waals surface area contributed by atoms with Crippen LogP contribution in [-0.4, -0.2) is 17.8 Å². The number of amides is 4. The number of carbonyl (C=O) groups excluding carboxylic acids is 3. The summed E-state index contributed by atoms with van der Waals surface area (Å²) >= 11 is 3.43. The molecule has 36 heavy (non-hydrogen) atoms. The van der Waals surface area contributed by atoms with E-state index >= 15 is 0 Å². The number of nitrogens with one attached hydrogen (secondary N) is 1. The van der Waals surface area contributed by atoms with Crippen molar-refractivity contribution in [3.8, 4) is 5.75 Å². The summed E-state index contributed by atoms with van der Waals surface area (Å²) in [6, 6.07) is 25.4. The summed E-state index contributed by atoms with van der Waals surface area (Å²) in [4.78, 5) is 39.9. The van der Waals surface area contributed by atoms with Crippen LogP contribution < -0.4 is 15.0 Å². The van der Waals surface area contributed by atoms with E-state index in [1.807, 2.05) is 73.7 Å². The third kappa shape index (κ3) is 4.65. The van der Waals surface area contributed by atoms with Gasteiger partial charge in [0.1, 0.15) is 17.9 Å². The number of aryl methyl sites for hydroxylation is 1. The van der Waals surface area contributed by atoms with Gasteiger partial charge in [-0.05, 0) is 65.2 Å². The van der Waals surface area contributed by atoms with Crippen molar-refractivity contribution < 1.29 is 19.1 Å². The number of ether oxygens (including phenoxy) is 1. The molecule has 0 atom stereocenters. The molecule has 1 aliphatic rings. The molecule has 4 aromatic carbocycles. The van der Waals surface area contributed by atoms with Crippen LogP contribution in [0.15, 0.2) is 95.0 Å². The van der Waals surface area contributed by atoms with Crippen LogP contribution in [0.25, 0.3) is 16.8 Å². The van der Waals surface area contributed by atoms with Crippen LogP contribution in [0, 0.1) is 6.92 Å². The molecule has 178 valence electrons. The van der Waals surface area contributed by atoms with Crippen molar-refractivity contribution in [2.45, 2.75) is 13.5 Å². The van der Waals surface area contributed by atoms with Crippen molar-refractivity contribution in [3.63, 3.8) is 0 Å². The standard InChI is InChI=1S/C29H21BrN2O4/c1-18-5-4-7-22(15-18)32-28(34)25(27(33)31-29(32)35)16-24-23-8-3-2-6-20(23)11-14-26(24)36-17-19-9-12-21(30)13-10-19/h2-16H,17H2,1H3,(H,31,33,35)/b25-16+. The zero-order chi connectivity index (χ0) is 25.2. The normalized spacial score (nSPS) is 14.9. The summed E-state index contributed by atoms with van der Waals surface area (Å²) in [6.45, 7) is 2.17. The highest BCUT2D eigenvalue weighted by Gasteiger charge is 2.37. The van der Waals surface area contributed by atoms with Gasteiger partial charge in [-0.1, -0.05) is 70.5 Å². The van der Waals surface area contributed by atoms with Crippen molar-refractivity contribution >= 4 is 56.3 Å². The molecular formula is C29H21BrN2O4. The Hall–Kier alpha value is -4.23. The molecule has 6 nitrogen and oxygen atoms in total. The highest BCUT2D eigenvalue weighted by atomic mass is 79.9. The highest BCUT2D eigenvalue weighted by molar-refractivity contribution is 9.10. The van der Waals surface area contributed by atoms with Crippen molar-refractivity contribution in [2.24, 2.45) is 0 Å². The highest BCUT2D eigenvalue weighted by Crippen LogP contribution is 2.32. The summed E-state index contributed by atoms with van der Waals surface area (Å²) < 4.78 is 7.12. The lowest BCUT2D eigenvalue weighted by molar-refractivity contribution is -0.122. The maximum atomic E-state index is 13.5. The third-order valence-corrected chi connectivity index (χ3v) is 6.42. The van der Waals surface area contributed by atoms with Crippen LogP contribution in [0.1, 0.15) is 16.7 Å². The predicted molar refractivity (Wildman–Crippen MR) is 143 cm³/mol. The van der Waals surface area contributed by atoms with Crippen LogP contribution in [0.4, 0.5) is 10.5 Å². The number of barbiturate groups is 1. The average molecular weight is 541 g/mol. The summed E-state index contributed by atoms with van der Waals surface area (Å²) in [5.74, 6) is -0.925. The number of rotatable bonds is 5. The van der Waals surface area contributed by atoms with Crippen LogP contribution >= 0.6 is 15.9 Å². The molecule has 0 radical (unpaired) electrons. The van der Waals surface area contributed by atoms with E-state index in [2.05, 4.69) is 21.2 Å². The third-order valence-electron chi connectivity index (χ3n) is 5.89. The van der Waals surface area contributed by atoms with Gasteiger partial charge in [0, 0.05) is 10.0 Å². The first-order valence-corrected chi connectivity index (χ1v) is 12.1. The average Bonchev–Trinajstić information content (AvgIpc) is 2.86. The van der Waals surface area contributed by atoms with E-state index in [9.17, 15) is 14.4 Å². The number of halogens is 1. The number of hydrogen-bond acceptors (Lipinski definition) is 4. The second-order valence-corrected chi connectivity index (χ2v) is 9.33. The zero-order valence-corrected chi connectivity index (χ0v) is 20.9. The van der Waals surface area contributed by atoms with E-state index in [1.54, 1.807) is 18.2 Å². The summed E-state index contributed by atoms with van der Waals surface area (Å²) in [5.41, 5.74) is 2.67. The van der Waals surface area contributed by atoms with E-state index in [0.717, 1.165) is 31.3 Å². The van der Waals surface area contributed by atoms with Gasteiger partial charge in [0.15, 0.2) is 0 Å². The molecule has 7 heteroatoms. The Bertz CT molecular complexity index is 1540. The first-order valence-electron chi connectivity index (χ1n) is 11.3. The Morgan fingerprint density at radius 1 is 0.917 bits per heavy atom. The lowest BCUT2D eigenvalue weighted by Gasteiger charge is -2.26. The first kappa shape index (κ1) is 23.5. The van der Waals surface area contributed by atoms with Gasteiger partial charge in [-0.15, -0.1) is 0 Å². The quantitative estimate of drug-likeness (QED) is 0.243. The number of imide groups is 2.